The minimum Gasteiger partial charge on any atom is -0.469 e. The van der Waals surface area contributed by atoms with Gasteiger partial charge in [0.15, 0.2) is 5.13 Å². The molecule has 5 heteroatoms. The van der Waals surface area contributed by atoms with Crippen molar-refractivity contribution >= 4 is 22.4 Å². The molecule has 0 spiro atoms. The van der Waals surface area contributed by atoms with Crippen LogP contribution in [0.25, 0.3) is 0 Å². The van der Waals surface area contributed by atoms with E-state index in [4.69, 9.17) is 0 Å². The Morgan fingerprint density at radius 3 is 2.75 bits per heavy atom. The maximum atomic E-state index is 11.3. The fraction of sp³-hybridized carbons (Fsp3) is 0.733. The van der Waals surface area contributed by atoms with E-state index >= 15 is 0 Å². The van der Waals surface area contributed by atoms with E-state index < -0.39 is 0 Å². The predicted molar refractivity (Wildman–Crippen MR) is 82.3 cm³/mol. The van der Waals surface area contributed by atoms with Crippen molar-refractivity contribution in [1.29, 1.82) is 0 Å². The Bertz CT molecular complexity index is 439. The Kier molecular flexibility index (Phi) is 5.40. The van der Waals surface area contributed by atoms with Gasteiger partial charge in [0.05, 0.1) is 19.2 Å². The molecule has 1 fully saturated rings. The second kappa shape index (κ2) is 7.07. The molecule has 112 valence electrons. The lowest BCUT2D eigenvalue weighted by Gasteiger charge is -2.34. The molecule has 1 aromatic heterocycles. The normalized spacial score (nSPS) is 22.6. The molecule has 0 atom stereocenters. The van der Waals surface area contributed by atoms with Gasteiger partial charge in [0.25, 0.3) is 0 Å². The highest BCUT2D eigenvalue weighted by atomic mass is 32.1. The zero-order valence-corrected chi connectivity index (χ0v) is 13.4. The van der Waals surface area contributed by atoms with Gasteiger partial charge in [-0.1, -0.05) is 13.3 Å². The van der Waals surface area contributed by atoms with Crippen molar-refractivity contribution in [2.24, 2.45) is 5.92 Å². The number of ether oxygens (including phenoxy) is 1. The second-order valence-electron chi connectivity index (χ2n) is 5.57. The number of hydrogen-bond acceptors (Lipinski definition) is 5. The van der Waals surface area contributed by atoms with Crippen molar-refractivity contribution < 1.29 is 9.53 Å². The minimum absolute atomic E-state index is 0.229. The second-order valence-corrected chi connectivity index (χ2v) is 6.40. The number of rotatable bonds is 5. The molecular weight excluding hydrogens is 272 g/mol. The van der Waals surface area contributed by atoms with Crippen LogP contribution in [0.4, 0.5) is 5.13 Å². The van der Waals surface area contributed by atoms with Gasteiger partial charge in [-0.05, 0) is 31.6 Å². The number of carbonyl (C=O) groups is 1. The first kappa shape index (κ1) is 15.3. The lowest BCUT2D eigenvalue weighted by atomic mass is 9.84. The Hall–Kier alpha value is -1.10. The van der Waals surface area contributed by atoms with E-state index in [1.54, 1.807) is 11.3 Å². The van der Waals surface area contributed by atoms with Gasteiger partial charge in [0, 0.05) is 18.5 Å². The number of methoxy groups -OCH3 is 1. The SMILES string of the molecule is CCC1CCC(N(C)c2nc(CC(=O)OC)cs2)CC1. The first-order chi connectivity index (χ1) is 9.63. The van der Waals surface area contributed by atoms with E-state index in [1.165, 1.54) is 39.2 Å². The van der Waals surface area contributed by atoms with Crippen molar-refractivity contribution in [1.82, 2.24) is 4.98 Å². The smallest absolute Gasteiger partial charge is 0.311 e. The van der Waals surface area contributed by atoms with E-state index in [2.05, 4.69) is 28.6 Å². The molecule has 2 rings (SSSR count). The first-order valence-corrected chi connectivity index (χ1v) is 8.26. The number of nitrogens with zero attached hydrogens (tertiary/aromatic N) is 2. The van der Waals surface area contributed by atoms with Crippen molar-refractivity contribution in [2.75, 3.05) is 19.1 Å². The Morgan fingerprint density at radius 1 is 1.45 bits per heavy atom. The molecule has 0 aromatic carbocycles. The summed E-state index contributed by atoms with van der Waals surface area (Å²) < 4.78 is 4.68. The fourth-order valence-electron chi connectivity index (χ4n) is 2.86. The monoisotopic (exact) mass is 296 g/mol. The average molecular weight is 296 g/mol. The Morgan fingerprint density at radius 2 is 2.15 bits per heavy atom. The summed E-state index contributed by atoms with van der Waals surface area (Å²) in [6, 6.07) is 0.593. The molecule has 0 amide bonds. The first-order valence-electron chi connectivity index (χ1n) is 7.38. The van der Waals surface area contributed by atoms with E-state index in [-0.39, 0.29) is 12.4 Å². The molecule has 20 heavy (non-hydrogen) atoms. The van der Waals surface area contributed by atoms with Crippen LogP contribution in [0.15, 0.2) is 5.38 Å². The van der Waals surface area contributed by atoms with Crippen LogP contribution in [0.3, 0.4) is 0 Å². The van der Waals surface area contributed by atoms with Crippen LogP contribution in [-0.2, 0) is 16.0 Å². The number of carbonyl (C=O) groups excluding carboxylic acids is 1. The predicted octanol–water partition coefficient (Wildman–Crippen LogP) is 3.26. The van der Waals surface area contributed by atoms with Gasteiger partial charge in [-0.2, -0.15) is 0 Å². The Labute approximate surface area is 125 Å². The molecular formula is C15H24N2O2S. The minimum atomic E-state index is -0.229. The summed E-state index contributed by atoms with van der Waals surface area (Å²) in [4.78, 5) is 18.1. The van der Waals surface area contributed by atoms with Crippen LogP contribution in [-0.4, -0.2) is 31.2 Å². The zero-order chi connectivity index (χ0) is 14.5. The van der Waals surface area contributed by atoms with E-state index in [0.717, 1.165) is 16.7 Å². The molecule has 1 aliphatic carbocycles. The third kappa shape index (κ3) is 3.72. The number of anilines is 1. The van der Waals surface area contributed by atoms with Gasteiger partial charge in [-0.25, -0.2) is 4.98 Å². The van der Waals surface area contributed by atoms with Gasteiger partial charge in [-0.15, -0.1) is 11.3 Å². The van der Waals surface area contributed by atoms with Gasteiger partial charge in [-0.3, -0.25) is 4.79 Å². The van der Waals surface area contributed by atoms with Crippen molar-refractivity contribution in [3.63, 3.8) is 0 Å². The fourth-order valence-corrected chi connectivity index (χ4v) is 3.72. The molecule has 0 bridgehead atoms. The van der Waals surface area contributed by atoms with Crippen LogP contribution in [0.2, 0.25) is 0 Å². The van der Waals surface area contributed by atoms with Crippen LogP contribution in [0, 0.1) is 5.92 Å². The number of hydrogen-bond donors (Lipinski definition) is 0. The van der Waals surface area contributed by atoms with Gasteiger partial charge in [0.1, 0.15) is 0 Å². The third-order valence-corrected chi connectivity index (χ3v) is 5.32. The molecule has 1 aromatic rings. The van der Waals surface area contributed by atoms with Crippen LogP contribution < -0.4 is 4.90 Å². The highest BCUT2D eigenvalue weighted by Gasteiger charge is 2.24. The summed E-state index contributed by atoms with van der Waals surface area (Å²) in [5.41, 5.74) is 0.811. The van der Waals surface area contributed by atoms with Gasteiger partial charge >= 0.3 is 5.97 Å². The lowest BCUT2D eigenvalue weighted by Crippen LogP contribution is -2.35. The standard InChI is InChI=1S/C15H24N2O2S/c1-4-11-5-7-13(8-6-11)17(2)15-16-12(10-20-15)9-14(18)19-3/h10-11,13H,4-9H2,1-3H3. The number of esters is 1. The van der Waals surface area contributed by atoms with Gasteiger partial charge in [0.2, 0.25) is 0 Å². The maximum Gasteiger partial charge on any atom is 0.311 e. The molecule has 0 radical (unpaired) electrons. The average Bonchev–Trinajstić information content (AvgIpc) is 2.95. The summed E-state index contributed by atoms with van der Waals surface area (Å²) in [6.07, 6.45) is 6.72. The van der Waals surface area contributed by atoms with Crippen molar-refractivity contribution in [3.8, 4) is 0 Å². The summed E-state index contributed by atoms with van der Waals surface area (Å²) >= 11 is 1.62. The zero-order valence-electron chi connectivity index (χ0n) is 12.6. The molecule has 1 heterocycles. The quantitative estimate of drug-likeness (QED) is 0.782. The van der Waals surface area contributed by atoms with Crippen LogP contribution >= 0.6 is 11.3 Å². The Balaban J connectivity index is 1.92. The largest absolute Gasteiger partial charge is 0.469 e. The molecule has 4 nitrogen and oxygen atoms in total. The molecule has 0 saturated heterocycles. The highest BCUT2D eigenvalue weighted by molar-refractivity contribution is 7.13. The topological polar surface area (TPSA) is 42.4 Å². The maximum absolute atomic E-state index is 11.3. The van der Waals surface area contributed by atoms with Crippen LogP contribution in [0.5, 0.6) is 0 Å². The van der Waals surface area contributed by atoms with Gasteiger partial charge < -0.3 is 9.64 Å². The number of aromatic nitrogens is 1. The summed E-state index contributed by atoms with van der Waals surface area (Å²) in [5, 5.41) is 2.98. The van der Waals surface area contributed by atoms with E-state index in [1.807, 2.05) is 5.38 Å². The van der Waals surface area contributed by atoms with Crippen LogP contribution in [0.1, 0.15) is 44.7 Å². The van der Waals surface area contributed by atoms with E-state index in [9.17, 15) is 4.79 Å². The molecule has 0 unspecified atom stereocenters. The lowest BCUT2D eigenvalue weighted by molar-refractivity contribution is -0.139. The van der Waals surface area contributed by atoms with E-state index in [0.29, 0.717) is 6.04 Å². The molecule has 0 N–H and O–H groups in total. The third-order valence-electron chi connectivity index (χ3n) is 4.34. The number of thiazole rings is 1. The van der Waals surface area contributed by atoms with Crippen molar-refractivity contribution in [2.45, 2.75) is 51.5 Å². The molecule has 0 aliphatic heterocycles. The molecule has 1 saturated carbocycles. The molecule has 1 aliphatic rings. The summed E-state index contributed by atoms with van der Waals surface area (Å²) in [5.74, 6) is 0.679. The van der Waals surface area contributed by atoms with Crippen molar-refractivity contribution in [3.05, 3.63) is 11.1 Å². The summed E-state index contributed by atoms with van der Waals surface area (Å²) in [7, 11) is 3.53. The summed E-state index contributed by atoms with van der Waals surface area (Å²) in [6.45, 7) is 2.29. The highest BCUT2D eigenvalue weighted by Crippen LogP contribution is 2.32.